The van der Waals surface area contributed by atoms with Gasteiger partial charge in [0, 0.05) is 25.4 Å². The molecule has 0 aliphatic heterocycles. The zero-order valence-corrected chi connectivity index (χ0v) is 7.73. The highest BCUT2D eigenvalue weighted by molar-refractivity contribution is 5.78. The average molecular weight is 195 g/mol. The van der Waals surface area contributed by atoms with Gasteiger partial charge in [0.15, 0.2) is 5.96 Å². The van der Waals surface area contributed by atoms with Crippen molar-refractivity contribution in [3.05, 3.63) is 18.7 Å². The molecule has 0 saturated carbocycles. The van der Waals surface area contributed by atoms with Crippen molar-refractivity contribution in [2.45, 2.75) is 12.8 Å². The highest BCUT2D eigenvalue weighted by Gasteiger charge is 2.02. The molecule has 1 aromatic rings. The Hall–Kier alpha value is -1.85. The number of guanidine groups is 1. The van der Waals surface area contributed by atoms with Gasteiger partial charge in [-0.15, -0.1) is 0 Å². The summed E-state index contributed by atoms with van der Waals surface area (Å²) in [5, 5.41) is 9.52. The second-order valence-corrected chi connectivity index (χ2v) is 2.81. The van der Waals surface area contributed by atoms with Gasteiger partial charge < -0.3 is 11.1 Å². The molecule has 6 heteroatoms. The summed E-state index contributed by atoms with van der Waals surface area (Å²) >= 11 is 0. The maximum atomic E-state index is 11.4. The van der Waals surface area contributed by atoms with Crippen molar-refractivity contribution >= 4 is 11.9 Å². The van der Waals surface area contributed by atoms with Crippen molar-refractivity contribution < 1.29 is 4.79 Å². The van der Waals surface area contributed by atoms with E-state index in [0.29, 0.717) is 19.4 Å². The van der Waals surface area contributed by atoms with E-state index in [4.69, 9.17) is 11.1 Å². The summed E-state index contributed by atoms with van der Waals surface area (Å²) in [5.41, 5.74) is 5.08. The first kappa shape index (κ1) is 10.2. The molecule has 0 radical (unpaired) electrons. The van der Waals surface area contributed by atoms with Gasteiger partial charge in [0.25, 0.3) is 0 Å². The SMILES string of the molecule is N=C(N)NCCCC(=O)n1ccnc1. The maximum Gasteiger partial charge on any atom is 0.231 e. The fourth-order valence-electron chi connectivity index (χ4n) is 0.998. The van der Waals surface area contributed by atoms with Gasteiger partial charge in [-0.3, -0.25) is 14.8 Å². The van der Waals surface area contributed by atoms with E-state index >= 15 is 0 Å². The van der Waals surface area contributed by atoms with Crippen LogP contribution in [0.2, 0.25) is 0 Å². The average Bonchev–Trinajstić information content (AvgIpc) is 2.64. The molecule has 0 unspecified atom stereocenters. The lowest BCUT2D eigenvalue weighted by molar-refractivity contribution is 0.0900. The van der Waals surface area contributed by atoms with Crippen LogP contribution in [0, 0.1) is 5.41 Å². The summed E-state index contributed by atoms with van der Waals surface area (Å²) in [6.07, 6.45) is 5.71. The minimum atomic E-state index is -0.0694. The second kappa shape index (κ2) is 5.00. The summed E-state index contributed by atoms with van der Waals surface area (Å²) in [4.78, 5) is 15.1. The normalized spacial score (nSPS) is 9.71. The number of nitrogens with one attached hydrogen (secondary N) is 2. The zero-order chi connectivity index (χ0) is 10.4. The number of imidazole rings is 1. The van der Waals surface area contributed by atoms with E-state index < -0.39 is 0 Å². The zero-order valence-electron chi connectivity index (χ0n) is 7.73. The van der Waals surface area contributed by atoms with E-state index in [1.807, 2.05) is 0 Å². The number of nitrogens with two attached hydrogens (primary N) is 1. The van der Waals surface area contributed by atoms with Crippen molar-refractivity contribution in [2.24, 2.45) is 5.73 Å². The molecule has 0 fully saturated rings. The van der Waals surface area contributed by atoms with E-state index in [1.165, 1.54) is 10.9 Å². The van der Waals surface area contributed by atoms with Gasteiger partial charge in [-0.1, -0.05) is 0 Å². The molecule has 1 rings (SSSR count). The largest absolute Gasteiger partial charge is 0.370 e. The van der Waals surface area contributed by atoms with Gasteiger partial charge in [0.05, 0.1) is 0 Å². The minimum Gasteiger partial charge on any atom is -0.370 e. The highest BCUT2D eigenvalue weighted by atomic mass is 16.2. The quantitative estimate of drug-likeness (QED) is 0.351. The molecular formula is C8H13N5O. The van der Waals surface area contributed by atoms with Crippen LogP contribution in [0.1, 0.15) is 17.6 Å². The third-order valence-corrected chi connectivity index (χ3v) is 1.68. The summed E-state index contributed by atoms with van der Waals surface area (Å²) in [6, 6.07) is 0. The predicted octanol–water partition coefficient (Wildman–Crippen LogP) is -0.213. The Labute approximate surface area is 81.6 Å². The lowest BCUT2D eigenvalue weighted by Gasteiger charge is -2.03. The van der Waals surface area contributed by atoms with Crippen molar-refractivity contribution in [1.29, 1.82) is 5.41 Å². The van der Waals surface area contributed by atoms with Crippen LogP contribution in [0.5, 0.6) is 0 Å². The molecule has 0 atom stereocenters. The monoisotopic (exact) mass is 195 g/mol. The Bertz CT molecular complexity index is 306. The van der Waals surface area contributed by atoms with Gasteiger partial charge in [0.1, 0.15) is 6.33 Å². The second-order valence-electron chi connectivity index (χ2n) is 2.81. The van der Waals surface area contributed by atoms with Crippen LogP contribution < -0.4 is 11.1 Å². The van der Waals surface area contributed by atoms with Gasteiger partial charge >= 0.3 is 0 Å². The lowest BCUT2D eigenvalue weighted by atomic mass is 10.3. The van der Waals surface area contributed by atoms with Gasteiger partial charge in [-0.25, -0.2) is 4.98 Å². The summed E-state index contributed by atoms with van der Waals surface area (Å²) in [7, 11) is 0. The molecule has 1 heterocycles. The smallest absolute Gasteiger partial charge is 0.231 e. The maximum absolute atomic E-state index is 11.4. The van der Waals surface area contributed by atoms with Crippen molar-refractivity contribution in [3.8, 4) is 0 Å². The van der Waals surface area contributed by atoms with E-state index in [1.54, 1.807) is 12.4 Å². The Kier molecular flexibility index (Phi) is 3.66. The standard InChI is InChI=1S/C8H13N5O/c9-8(10)12-3-1-2-7(14)13-5-4-11-6-13/h4-6H,1-3H2,(H4,9,10,12). The number of hydrogen-bond acceptors (Lipinski definition) is 3. The van der Waals surface area contributed by atoms with Gasteiger partial charge in [0.2, 0.25) is 5.91 Å². The summed E-state index contributed by atoms with van der Waals surface area (Å²) in [6.45, 7) is 0.537. The third-order valence-electron chi connectivity index (χ3n) is 1.68. The number of carbonyl (C=O) groups is 1. The van der Waals surface area contributed by atoms with Crippen LogP contribution in [0.25, 0.3) is 0 Å². The van der Waals surface area contributed by atoms with Crippen molar-refractivity contribution in [2.75, 3.05) is 6.54 Å². The molecule has 1 aromatic heterocycles. The van der Waals surface area contributed by atoms with Gasteiger partial charge in [-0.05, 0) is 6.42 Å². The molecule has 0 bridgehead atoms. The van der Waals surface area contributed by atoms with Gasteiger partial charge in [-0.2, -0.15) is 0 Å². The minimum absolute atomic E-state index is 0.00662. The Morgan fingerprint density at radius 2 is 2.43 bits per heavy atom. The van der Waals surface area contributed by atoms with E-state index in [-0.39, 0.29) is 11.9 Å². The van der Waals surface area contributed by atoms with Crippen LogP contribution in [-0.2, 0) is 0 Å². The fraction of sp³-hybridized carbons (Fsp3) is 0.375. The predicted molar refractivity (Wildman–Crippen MR) is 52.0 cm³/mol. The molecule has 0 amide bonds. The Morgan fingerprint density at radius 3 is 3.00 bits per heavy atom. The third kappa shape index (κ3) is 3.26. The molecule has 0 aromatic carbocycles. The van der Waals surface area contributed by atoms with Crippen LogP contribution >= 0.6 is 0 Å². The van der Waals surface area contributed by atoms with Crippen LogP contribution in [0.15, 0.2) is 18.7 Å². The number of nitrogens with zero attached hydrogens (tertiary/aromatic N) is 2. The van der Waals surface area contributed by atoms with Crippen LogP contribution in [-0.4, -0.2) is 28.0 Å². The first-order valence-electron chi connectivity index (χ1n) is 4.29. The Balaban J connectivity index is 2.19. The van der Waals surface area contributed by atoms with Crippen LogP contribution in [0.3, 0.4) is 0 Å². The Morgan fingerprint density at radius 1 is 1.64 bits per heavy atom. The first-order chi connectivity index (χ1) is 6.70. The number of carbonyl (C=O) groups excluding carboxylic acids is 1. The topological polar surface area (TPSA) is 96.8 Å². The molecule has 76 valence electrons. The summed E-state index contributed by atoms with van der Waals surface area (Å²) in [5.74, 6) is -0.0760. The van der Waals surface area contributed by atoms with E-state index in [2.05, 4.69) is 10.3 Å². The molecule has 0 aliphatic carbocycles. The lowest BCUT2D eigenvalue weighted by Crippen LogP contribution is -2.31. The van der Waals surface area contributed by atoms with Crippen molar-refractivity contribution in [1.82, 2.24) is 14.9 Å². The van der Waals surface area contributed by atoms with E-state index in [0.717, 1.165) is 0 Å². The highest BCUT2D eigenvalue weighted by Crippen LogP contribution is 1.94. The molecule has 6 nitrogen and oxygen atoms in total. The number of aromatic nitrogens is 2. The van der Waals surface area contributed by atoms with Crippen LogP contribution in [0.4, 0.5) is 0 Å². The molecular weight excluding hydrogens is 182 g/mol. The fourth-order valence-corrected chi connectivity index (χ4v) is 0.998. The summed E-state index contributed by atoms with van der Waals surface area (Å²) < 4.78 is 1.44. The number of hydrogen-bond donors (Lipinski definition) is 3. The molecule has 0 saturated heterocycles. The van der Waals surface area contributed by atoms with Crippen molar-refractivity contribution in [3.63, 3.8) is 0 Å². The first-order valence-corrected chi connectivity index (χ1v) is 4.29. The van der Waals surface area contributed by atoms with E-state index in [9.17, 15) is 4.79 Å². The molecule has 14 heavy (non-hydrogen) atoms. The molecule has 0 spiro atoms. The number of rotatable bonds is 4. The molecule has 4 N–H and O–H groups in total. The molecule has 0 aliphatic rings.